The highest BCUT2D eigenvalue weighted by molar-refractivity contribution is 5.10. The summed E-state index contributed by atoms with van der Waals surface area (Å²) < 4.78 is 11.2. The topological polar surface area (TPSA) is 48.4 Å². The Hall–Kier alpha value is -0.800. The van der Waals surface area contributed by atoms with Gasteiger partial charge in [0.25, 0.3) is 0 Å². The Balaban J connectivity index is 1.91. The molecule has 3 nitrogen and oxygen atoms in total. The average molecular weight is 209 g/mol. The Morgan fingerprint density at radius 1 is 1.53 bits per heavy atom. The third-order valence-electron chi connectivity index (χ3n) is 2.94. The van der Waals surface area contributed by atoms with Crippen molar-refractivity contribution in [1.82, 2.24) is 0 Å². The summed E-state index contributed by atoms with van der Waals surface area (Å²) >= 11 is 0. The summed E-state index contributed by atoms with van der Waals surface area (Å²) in [6, 6.07) is 3.97. The molecule has 2 unspecified atom stereocenters. The molecule has 2 rings (SSSR count). The highest BCUT2D eigenvalue weighted by Crippen LogP contribution is 2.24. The van der Waals surface area contributed by atoms with E-state index in [-0.39, 0.29) is 6.04 Å². The van der Waals surface area contributed by atoms with E-state index in [1.54, 1.807) is 0 Å². The molecule has 0 saturated carbocycles. The van der Waals surface area contributed by atoms with Crippen molar-refractivity contribution in [3.8, 4) is 0 Å². The summed E-state index contributed by atoms with van der Waals surface area (Å²) in [6.45, 7) is 2.96. The van der Waals surface area contributed by atoms with Gasteiger partial charge in [0.1, 0.15) is 11.5 Å². The lowest BCUT2D eigenvalue weighted by Crippen LogP contribution is -2.17. The van der Waals surface area contributed by atoms with Crippen molar-refractivity contribution in [3.05, 3.63) is 23.7 Å². The molecular weight excluding hydrogens is 190 g/mol. The number of ether oxygens (including phenoxy) is 1. The van der Waals surface area contributed by atoms with Crippen LogP contribution in [0.5, 0.6) is 0 Å². The predicted molar refractivity (Wildman–Crippen MR) is 58.6 cm³/mol. The van der Waals surface area contributed by atoms with Gasteiger partial charge in [-0.2, -0.15) is 0 Å². The van der Waals surface area contributed by atoms with Crippen LogP contribution in [0.2, 0.25) is 0 Å². The largest absolute Gasteiger partial charge is 0.464 e. The Kier molecular flexibility index (Phi) is 3.44. The number of nitrogens with two attached hydrogens (primary N) is 1. The molecular formula is C12H19NO2. The minimum absolute atomic E-state index is 0.0200. The quantitative estimate of drug-likeness (QED) is 0.828. The Morgan fingerprint density at radius 3 is 3.00 bits per heavy atom. The zero-order valence-corrected chi connectivity index (χ0v) is 9.24. The maximum atomic E-state index is 6.07. The van der Waals surface area contributed by atoms with E-state index >= 15 is 0 Å². The molecule has 1 aliphatic heterocycles. The zero-order valence-electron chi connectivity index (χ0n) is 9.24. The molecule has 1 fully saturated rings. The van der Waals surface area contributed by atoms with Crippen LogP contribution in [0.4, 0.5) is 0 Å². The van der Waals surface area contributed by atoms with Crippen molar-refractivity contribution in [3.63, 3.8) is 0 Å². The number of hydrogen-bond donors (Lipinski definition) is 1. The normalized spacial score (nSPS) is 23.2. The SMILES string of the molecule is CCc1ccc(C(N)CC2CCCO2)o1. The van der Waals surface area contributed by atoms with Crippen LogP contribution in [0.15, 0.2) is 16.5 Å². The molecule has 1 saturated heterocycles. The average Bonchev–Trinajstić information content (AvgIpc) is 2.86. The highest BCUT2D eigenvalue weighted by Gasteiger charge is 2.21. The van der Waals surface area contributed by atoms with Gasteiger partial charge < -0.3 is 14.9 Å². The maximum Gasteiger partial charge on any atom is 0.120 e. The smallest absolute Gasteiger partial charge is 0.120 e. The summed E-state index contributed by atoms with van der Waals surface area (Å²) in [5.41, 5.74) is 6.07. The zero-order chi connectivity index (χ0) is 10.7. The molecule has 0 radical (unpaired) electrons. The summed E-state index contributed by atoms with van der Waals surface area (Å²) in [6.07, 6.45) is 4.42. The molecule has 1 aromatic heterocycles. The second kappa shape index (κ2) is 4.81. The molecule has 0 aliphatic carbocycles. The highest BCUT2D eigenvalue weighted by atomic mass is 16.5. The van der Waals surface area contributed by atoms with Crippen LogP contribution in [0.25, 0.3) is 0 Å². The van der Waals surface area contributed by atoms with E-state index in [1.807, 2.05) is 12.1 Å². The van der Waals surface area contributed by atoms with Crippen molar-refractivity contribution >= 4 is 0 Å². The number of hydrogen-bond acceptors (Lipinski definition) is 3. The molecule has 1 aliphatic rings. The third kappa shape index (κ3) is 2.61. The summed E-state index contributed by atoms with van der Waals surface area (Å²) in [4.78, 5) is 0. The molecule has 0 amide bonds. The lowest BCUT2D eigenvalue weighted by atomic mass is 10.1. The fraction of sp³-hybridized carbons (Fsp3) is 0.667. The minimum Gasteiger partial charge on any atom is -0.464 e. The lowest BCUT2D eigenvalue weighted by molar-refractivity contribution is 0.0962. The van der Waals surface area contributed by atoms with Gasteiger partial charge in [0, 0.05) is 13.0 Å². The predicted octanol–water partition coefficient (Wildman–Crippen LogP) is 2.41. The summed E-state index contributed by atoms with van der Waals surface area (Å²) in [7, 11) is 0. The molecule has 3 heteroatoms. The lowest BCUT2D eigenvalue weighted by Gasteiger charge is -2.13. The monoisotopic (exact) mass is 209 g/mol. The van der Waals surface area contributed by atoms with Crippen LogP contribution in [-0.2, 0) is 11.2 Å². The maximum absolute atomic E-state index is 6.07. The van der Waals surface area contributed by atoms with Crippen molar-refractivity contribution in [1.29, 1.82) is 0 Å². The Bertz CT molecular complexity index is 302. The first-order valence-electron chi connectivity index (χ1n) is 5.75. The fourth-order valence-corrected chi connectivity index (χ4v) is 2.01. The van der Waals surface area contributed by atoms with Gasteiger partial charge in [-0.3, -0.25) is 0 Å². The number of aryl methyl sites for hydroxylation is 1. The first-order valence-corrected chi connectivity index (χ1v) is 5.75. The van der Waals surface area contributed by atoms with E-state index in [0.717, 1.165) is 43.8 Å². The second-order valence-corrected chi connectivity index (χ2v) is 4.13. The van der Waals surface area contributed by atoms with Gasteiger partial charge in [-0.15, -0.1) is 0 Å². The molecule has 0 aromatic carbocycles. The third-order valence-corrected chi connectivity index (χ3v) is 2.94. The van der Waals surface area contributed by atoms with Crippen LogP contribution in [0.1, 0.15) is 43.7 Å². The molecule has 0 bridgehead atoms. The number of furan rings is 1. The molecule has 2 N–H and O–H groups in total. The van der Waals surface area contributed by atoms with E-state index in [9.17, 15) is 0 Å². The van der Waals surface area contributed by atoms with Crippen LogP contribution in [0, 0.1) is 0 Å². The second-order valence-electron chi connectivity index (χ2n) is 4.13. The van der Waals surface area contributed by atoms with Crippen molar-refractivity contribution in [2.45, 2.75) is 44.8 Å². The van der Waals surface area contributed by atoms with Gasteiger partial charge in [0.15, 0.2) is 0 Å². The van der Waals surface area contributed by atoms with E-state index < -0.39 is 0 Å². The molecule has 0 spiro atoms. The van der Waals surface area contributed by atoms with Crippen molar-refractivity contribution < 1.29 is 9.15 Å². The Labute approximate surface area is 90.6 Å². The fourth-order valence-electron chi connectivity index (χ4n) is 2.01. The first kappa shape index (κ1) is 10.7. The molecule has 2 atom stereocenters. The van der Waals surface area contributed by atoms with Crippen molar-refractivity contribution in [2.24, 2.45) is 5.73 Å². The van der Waals surface area contributed by atoms with E-state index in [1.165, 1.54) is 0 Å². The molecule has 84 valence electrons. The van der Waals surface area contributed by atoms with Gasteiger partial charge in [-0.1, -0.05) is 6.92 Å². The van der Waals surface area contributed by atoms with Gasteiger partial charge >= 0.3 is 0 Å². The molecule has 1 aromatic rings. The standard InChI is InChI=1S/C12H19NO2/c1-2-9-5-6-12(15-9)11(13)8-10-4-3-7-14-10/h5-6,10-11H,2-4,7-8,13H2,1H3. The molecule has 15 heavy (non-hydrogen) atoms. The van der Waals surface area contributed by atoms with Gasteiger partial charge in [0.2, 0.25) is 0 Å². The van der Waals surface area contributed by atoms with E-state index in [0.29, 0.717) is 6.10 Å². The van der Waals surface area contributed by atoms with Crippen LogP contribution in [0.3, 0.4) is 0 Å². The first-order chi connectivity index (χ1) is 7.29. The van der Waals surface area contributed by atoms with Crippen LogP contribution < -0.4 is 5.73 Å². The minimum atomic E-state index is -0.0200. The summed E-state index contributed by atoms with van der Waals surface area (Å²) in [5, 5.41) is 0. The van der Waals surface area contributed by atoms with Gasteiger partial charge in [-0.25, -0.2) is 0 Å². The summed E-state index contributed by atoms with van der Waals surface area (Å²) in [5.74, 6) is 1.90. The van der Waals surface area contributed by atoms with Crippen LogP contribution >= 0.6 is 0 Å². The number of rotatable bonds is 4. The van der Waals surface area contributed by atoms with Crippen molar-refractivity contribution in [2.75, 3.05) is 6.61 Å². The Morgan fingerprint density at radius 2 is 2.40 bits per heavy atom. The van der Waals surface area contributed by atoms with E-state index in [2.05, 4.69) is 6.92 Å². The van der Waals surface area contributed by atoms with Crippen LogP contribution in [-0.4, -0.2) is 12.7 Å². The van der Waals surface area contributed by atoms with E-state index in [4.69, 9.17) is 14.9 Å². The van der Waals surface area contributed by atoms with Gasteiger partial charge in [0.05, 0.1) is 12.1 Å². The molecule has 2 heterocycles. The van der Waals surface area contributed by atoms with Gasteiger partial charge in [-0.05, 0) is 31.4 Å².